The summed E-state index contributed by atoms with van der Waals surface area (Å²) < 4.78 is 0. The Balaban J connectivity index is 1.73. The molecule has 0 aliphatic rings. The predicted octanol–water partition coefficient (Wildman–Crippen LogP) is 4.97. The van der Waals surface area contributed by atoms with E-state index in [2.05, 4.69) is 44.9 Å². The van der Waals surface area contributed by atoms with Crippen molar-refractivity contribution in [3.8, 4) is 11.1 Å². The Bertz CT molecular complexity index is 917. The van der Waals surface area contributed by atoms with Crippen LogP contribution in [0.3, 0.4) is 0 Å². The second-order valence-corrected chi connectivity index (χ2v) is 6.09. The van der Waals surface area contributed by atoms with Crippen molar-refractivity contribution in [3.63, 3.8) is 0 Å². The molecule has 1 N–H and O–H groups in total. The monoisotopic (exact) mass is 317 g/mol. The van der Waals surface area contributed by atoms with E-state index >= 15 is 0 Å². The van der Waals surface area contributed by atoms with Gasteiger partial charge in [-0.05, 0) is 23.8 Å². The first kappa shape index (κ1) is 13.9. The molecule has 0 unspecified atom stereocenters. The second-order valence-electron chi connectivity index (χ2n) is 5.23. The van der Waals surface area contributed by atoms with E-state index in [-0.39, 0.29) is 0 Å². The minimum atomic E-state index is 0.698. The number of aromatic nitrogens is 2. The molecule has 3 heterocycles. The zero-order chi connectivity index (χ0) is 15.5. The van der Waals surface area contributed by atoms with Crippen LogP contribution in [-0.4, -0.2) is 9.97 Å². The number of anilines is 1. The molecule has 23 heavy (non-hydrogen) atoms. The standard InChI is InChI=1S/C19H15N3S/c1-2-6-14(7-3-1)16-13-23-19-18(16)17(9-11-21-19)22-12-15-8-4-5-10-20-15/h1-11,13H,12H2,(H,21,22). The molecule has 0 atom stereocenters. The van der Waals surface area contributed by atoms with Crippen LogP contribution < -0.4 is 5.32 Å². The molecule has 3 nitrogen and oxygen atoms in total. The molecule has 0 saturated heterocycles. The van der Waals surface area contributed by atoms with Crippen LogP contribution in [-0.2, 0) is 6.54 Å². The first-order chi connectivity index (χ1) is 11.4. The molecular formula is C19H15N3S. The lowest BCUT2D eigenvalue weighted by Gasteiger charge is -2.09. The van der Waals surface area contributed by atoms with E-state index in [9.17, 15) is 0 Å². The smallest absolute Gasteiger partial charge is 0.125 e. The minimum absolute atomic E-state index is 0.698. The molecule has 112 valence electrons. The van der Waals surface area contributed by atoms with Crippen molar-refractivity contribution < 1.29 is 0 Å². The van der Waals surface area contributed by atoms with Gasteiger partial charge in [0.2, 0.25) is 0 Å². The average molecular weight is 317 g/mol. The summed E-state index contributed by atoms with van der Waals surface area (Å²) >= 11 is 1.68. The molecule has 0 aliphatic heterocycles. The van der Waals surface area contributed by atoms with Gasteiger partial charge < -0.3 is 5.32 Å². The third kappa shape index (κ3) is 2.81. The molecule has 4 rings (SSSR count). The number of thiophene rings is 1. The summed E-state index contributed by atoms with van der Waals surface area (Å²) in [4.78, 5) is 9.92. The number of nitrogens with one attached hydrogen (secondary N) is 1. The summed E-state index contributed by atoms with van der Waals surface area (Å²) in [5, 5.41) is 6.86. The van der Waals surface area contributed by atoms with Crippen LogP contribution in [0.1, 0.15) is 5.69 Å². The molecule has 0 spiro atoms. The van der Waals surface area contributed by atoms with Gasteiger partial charge >= 0.3 is 0 Å². The molecule has 0 amide bonds. The van der Waals surface area contributed by atoms with Gasteiger partial charge in [0, 0.05) is 34.4 Å². The van der Waals surface area contributed by atoms with Crippen LogP contribution in [0, 0.1) is 0 Å². The molecule has 0 bridgehead atoms. The maximum atomic E-state index is 4.51. The normalized spacial score (nSPS) is 10.8. The van der Waals surface area contributed by atoms with Crippen LogP contribution >= 0.6 is 11.3 Å². The van der Waals surface area contributed by atoms with Crippen LogP contribution in [0.2, 0.25) is 0 Å². The first-order valence-electron chi connectivity index (χ1n) is 7.47. The number of fused-ring (bicyclic) bond motifs is 1. The van der Waals surface area contributed by atoms with Gasteiger partial charge in [-0.2, -0.15) is 0 Å². The van der Waals surface area contributed by atoms with E-state index in [1.54, 1.807) is 11.3 Å². The lowest BCUT2D eigenvalue weighted by molar-refractivity contribution is 1.05. The summed E-state index contributed by atoms with van der Waals surface area (Å²) in [6.45, 7) is 0.698. The Hall–Kier alpha value is -2.72. The molecule has 0 fully saturated rings. The van der Waals surface area contributed by atoms with Crippen molar-refractivity contribution in [2.75, 3.05) is 5.32 Å². The maximum Gasteiger partial charge on any atom is 0.125 e. The van der Waals surface area contributed by atoms with Gasteiger partial charge in [-0.25, -0.2) is 4.98 Å². The molecule has 0 aliphatic carbocycles. The third-order valence-corrected chi connectivity index (χ3v) is 4.63. The van der Waals surface area contributed by atoms with Crippen molar-refractivity contribution >= 4 is 27.2 Å². The Morgan fingerprint density at radius 3 is 2.57 bits per heavy atom. The van der Waals surface area contributed by atoms with E-state index in [0.717, 1.165) is 16.2 Å². The highest BCUT2D eigenvalue weighted by Crippen LogP contribution is 2.37. The number of benzene rings is 1. The van der Waals surface area contributed by atoms with Crippen LogP contribution in [0.4, 0.5) is 5.69 Å². The van der Waals surface area contributed by atoms with Crippen molar-refractivity contribution in [1.29, 1.82) is 0 Å². The number of hydrogen-bond donors (Lipinski definition) is 1. The van der Waals surface area contributed by atoms with E-state index < -0.39 is 0 Å². The van der Waals surface area contributed by atoms with E-state index in [0.29, 0.717) is 6.54 Å². The fourth-order valence-electron chi connectivity index (χ4n) is 2.63. The summed E-state index contributed by atoms with van der Waals surface area (Å²) in [6.07, 6.45) is 3.67. The highest BCUT2D eigenvalue weighted by molar-refractivity contribution is 7.17. The third-order valence-electron chi connectivity index (χ3n) is 3.74. The molecule has 3 aromatic heterocycles. The predicted molar refractivity (Wildman–Crippen MR) is 96.6 cm³/mol. The lowest BCUT2D eigenvalue weighted by Crippen LogP contribution is -2.01. The second kappa shape index (κ2) is 6.18. The van der Waals surface area contributed by atoms with Crippen molar-refractivity contribution in [2.24, 2.45) is 0 Å². The fourth-order valence-corrected chi connectivity index (χ4v) is 3.57. The molecule has 4 aromatic rings. The SMILES string of the molecule is c1ccc(-c2csc3nccc(NCc4ccccn4)c23)cc1. The lowest BCUT2D eigenvalue weighted by atomic mass is 10.1. The van der Waals surface area contributed by atoms with E-state index in [1.165, 1.54) is 16.5 Å². The molecular weight excluding hydrogens is 302 g/mol. The van der Waals surface area contributed by atoms with Gasteiger partial charge in [0.1, 0.15) is 4.83 Å². The van der Waals surface area contributed by atoms with E-state index in [1.807, 2.05) is 42.7 Å². The number of pyridine rings is 2. The summed E-state index contributed by atoms with van der Waals surface area (Å²) in [5.41, 5.74) is 4.56. The van der Waals surface area contributed by atoms with Crippen LogP contribution in [0.25, 0.3) is 21.3 Å². The minimum Gasteiger partial charge on any atom is -0.379 e. The average Bonchev–Trinajstić information content (AvgIpc) is 3.06. The van der Waals surface area contributed by atoms with Crippen LogP contribution in [0.15, 0.2) is 72.4 Å². The Morgan fingerprint density at radius 1 is 0.870 bits per heavy atom. The largest absolute Gasteiger partial charge is 0.379 e. The quantitative estimate of drug-likeness (QED) is 0.577. The molecule has 0 radical (unpaired) electrons. The Kier molecular flexibility index (Phi) is 3.74. The van der Waals surface area contributed by atoms with Gasteiger partial charge in [0.05, 0.1) is 12.2 Å². The van der Waals surface area contributed by atoms with Crippen molar-refractivity contribution in [1.82, 2.24) is 9.97 Å². The highest BCUT2D eigenvalue weighted by atomic mass is 32.1. The zero-order valence-electron chi connectivity index (χ0n) is 12.4. The Labute approximate surface area is 138 Å². The van der Waals surface area contributed by atoms with Gasteiger partial charge in [-0.3, -0.25) is 4.98 Å². The van der Waals surface area contributed by atoms with Gasteiger partial charge in [0.15, 0.2) is 0 Å². The first-order valence-corrected chi connectivity index (χ1v) is 8.35. The van der Waals surface area contributed by atoms with E-state index in [4.69, 9.17) is 0 Å². The number of rotatable bonds is 4. The maximum absolute atomic E-state index is 4.51. The van der Waals surface area contributed by atoms with Gasteiger partial charge in [0.25, 0.3) is 0 Å². The molecule has 4 heteroatoms. The topological polar surface area (TPSA) is 37.8 Å². The number of hydrogen-bond acceptors (Lipinski definition) is 4. The van der Waals surface area contributed by atoms with Gasteiger partial charge in [-0.1, -0.05) is 36.4 Å². The zero-order valence-corrected chi connectivity index (χ0v) is 13.3. The molecule has 0 saturated carbocycles. The van der Waals surface area contributed by atoms with Gasteiger partial charge in [-0.15, -0.1) is 11.3 Å². The summed E-state index contributed by atoms with van der Waals surface area (Å²) in [5.74, 6) is 0. The summed E-state index contributed by atoms with van der Waals surface area (Å²) in [7, 11) is 0. The highest BCUT2D eigenvalue weighted by Gasteiger charge is 2.11. The molecule has 1 aromatic carbocycles. The number of nitrogens with zero attached hydrogens (tertiary/aromatic N) is 2. The van der Waals surface area contributed by atoms with Crippen molar-refractivity contribution in [3.05, 3.63) is 78.1 Å². The van der Waals surface area contributed by atoms with Crippen LogP contribution in [0.5, 0.6) is 0 Å². The fraction of sp³-hybridized carbons (Fsp3) is 0.0526. The summed E-state index contributed by atoms with van der Waals surface area (Å²) in [6, 6.07) is 18.4. The Morgan fingerprint density at radius 2 is 1.74 bits per heavy atom. The van der Waals surface area contributed by atoms with Crippen molar-refractivity contribution in [2.45, 2.75) is 6.54 Å².